The molecular weight excluding hydrogens is 452 g/mol. The minimum atomic E-state index is -0.731. The number of aliphatic hydroxyl groups is 1. The van der Waals surface area contributed by atoms with Gasteiger partial charge in [-0.3, -0.25) is 14.4 Å². The molecule has 0 radical (unpaired) electrons. The van der Waals surface area contributed by atoms with Gasteiger partial charge in [0.05, 0.1) is 29.2 Å². The number of hydrogen-bond acceptors (Lipinski definition) is 6. The van der Waals surface area contributed by atoms with E-state index in [-0.39, 0.29) is 30.9 Å². The van der Waals surface area contributed by atoms with Crippen LogP contribution in [0.25, 0.3) is 0 Å². The van der Waals surface area contributed by atoms with E-state index in [1.54, 1.807) is 27.6 Å². The third-order valence-electron chi connectivity index (χ3n) is 7.80. The van der Waals surface area contributed by atoms with Crippen LogP contribution in [0.2, 0.25) is 0 Å². The van der Waals surface area contributed by atoms with Crippen LogP contribution in [0.1, 0.15) is 53.4 Å². The quantitative estimate of drug-likeness (QED) is 0.333. The van der Waals surface area contributed by atoms with E-state index >= 15 is 0 Å². The van der Waals surface area contributed by atoms with Gasteiger partial charge in [0.1, 0.15) is 12.6 Å². The molecule has 0 aromatic carbocycles. The molecule has 190 valence electrons. The number of ether oxygens (including phenoxy) is 1. The first-order valence-corrected chi connectivity index (χ1v) is 13.3. The Morgan fingerprint density at radius 1 is 1.32 bits per heavy atom. The minimum absolute atomic E-state index is 0.0491. The van der Waals surface area contributed by atoms with Crippen molar-refractivity contribution >= 4 is 29.5 Å². The number of fused-ring (bicyclic) bond motifs is 1. The molecule has 3 rings (SSSR count). The number of esters is 1. The van der Waals surface area contributed by atoms with Gasteiger partial charge in [0.25, 0.3) is 0 Å². The van der Waals surface area contributed by atoms with E-state index in [1.165, 1.54) is 6.08 Å². The standard InChI is InChI=1S/C26H40N2O5S/c1-7-10-14-27(13-8-2)23(31)21-26-12-11-25(6,34-26)20(24(32)33-15-9-3)19(26)22(30)28(21)18(16-29)17(4)5/h8-9,17-21,29H,2-3,7,10-16H2,1,4-6H3/t18-,19-,20+,21?,25-,26?/m0/s1. The van der Waals surface area contributed by atoms with Gasteiger partial charge in [0, 0.05) is 17.8 Å². The van der Waals surface area contributed by atoms with Crippen LogP contribution in [0.3, 0.4) is 0 Å². The van der Waals surface area contributed by atoms with Crippen molar-refractivity contribution in [3.8, 4) is 0 Å². The maximum atomic E-state index is 14.2. The molecule has 7 nitrogen and oxygen atoms in total. The average molecular weight is 493 g/mol. The number of rotatable bonds is 12. The molecule has 1 spiro atoms. The molecule has 0 aliphatic carbocycles. The Kier molecular flexibility index (Phi) is 8.23. The Labute approximate surface area is 208 Å². The highest BCUT2D eigenvalue weighted by atomic mass is 32.2. The fourth-order valence-corrected chi connectivity index (χ4v) is 8.50. The number of carbonyl (C=O) groups excluding carboxylic acids is 3. The first-order valence-electron chi connectivity index (χ1n) is 12.4. The predicted octanol–water partition coefficient (Wildman–Crippen LogP) is 3.03. The molecule has 6 atom stereocenters. The summed E-state index contributed by atoms with van der Waals surface area (Å²) >= 11 is 1.62. The summed E-state index contributed by atoms with van der Waals surface area (Å²) in [6.07, 6.45) is 6.44. The van der Waals surface area contributed by atoms with Crippen molar-refractivity contribution in [3.05, 3.63) is 25.3 Å². The molecular formula is C26H40N2O5S. The zero-order valence-electron chi connectivity index (χ0n) is 21.0. The third kappa shape index (κ3) is 4.21. The number of carbonyl (C=O) groups is 3. The summed E-state index contributed by atoms with van der Waals surface area (Å²) in [4.78, 5) is 44.9. The van der Waals surface area contributed by atoms with Crippen LogP contribution in [-0.2, 0) is 19.1 Å². The summed E-state index contributed by atoms with van der Waals surface area (Å²) in [5, 5.41) is 10.3. The largest absolute Gasteiger partial charge is 0.461 e. The van der Waals surface area contributed by atoms with E-state index in [9.17, 15) is 19.5 Å². The van der Waals surface area contributed by atoms with Crippen LogP contribution in [0.5, 0.6) is 0 Å². The summed E-state index contributed by atoms with van der Waals surface area (Å²) in [5.41, 5.74) is 0. The highest BCUT2D eigenvalue weighted by Gasteiger charge is 2.78. The molecule has 3 saturated heterocycles. The molecule has 0 aromatic rings. The predicted molar refractivity (Wildman–Crippen MR) is 134 cm³/mol. The Balaban J connectivity index is 2.11. The Hall–Kier alpha value is -1.80. The lowest BCUT2D eigenvalue weighted by Crippen LogP contribution is -2.58. The van der Waals surface area contributed by atoms with Crippen LogP contribution in [0, 0.1) is 17.8 Å². The number of hydrogen-bond donors (Lipinski definition) is 1. The number of unbranched alkanes of at least 4 members (excludes halogenated alkanes) is 1. The second kappa shape index (κ2) is 10.4. The molecule has 1 N–H and O–H groups in total. The van der Waals surface area contributed by atoms with Gasteiger partial charge in [0.15, 0.2) is 0 Å². The molecule has 3 fully saturated rings. The SMILES string of the molecule is C=CCOC(=O)[C@H]1[C@H]2C(=O)N([C@@H](CO)C(C)C)C(C(=O)N(CC=C)CCCC)C23CC[C@]1(C)S3. The Bertz CT molecular complexity index is 832. The van der Waals surface area contributed by atoms with Gasteiger partial charge in [-0.2, -0.15) is 0 Å². The third-order valence-corrected chi connectivity index (χ3v) is 9.79. The maximum Gasteiger partial charge on any atom is 0.311 e. The first kappa shape index (κ1) is 26.8. The lowest BCUT2D eigenvalue weighted by molar-refractivity contribution is -0.155. The number of aliphatic hydroxyl groups excluding tert-OH is 1. The summed E-state index contributed by atoms with van der Waals surface area (Å²) in [7, 11) is 0. The highest BCUT2D eigenvalue weighted by Crippen LogP contribution is 2.71. The van der Waals surface area contributed by atoms with Gasteiger partial charge in [-0.1, -0.05) is 45.9 Å². The highest BCUT2D eigenvalue weighted by molar-refractivity contribution is 8.02. The molecule has 0 saturated carbocycles. The summed E-state index contributed by atoms with van der Waals surface area (Å²) in [5.74, 6) is -2.05. The van der Waals surface area contributed by atoms with E-state index < -0.39 is 39.4 Å². The van der Waals surface area contributed by atoms with E-state index in [1.807, 2.05) is 20.8 Å². The summed E-state index contributed by atoms with van der Waals surface area (Å²) < 4.78 is 4.27. The van der Waals surface area contributed by atoms with E-state index in [2.05, 4.69) is 20.1 Å². The van der Waals surface area contributed by atoms with Crippen molar-refractivity contribution in [1.29, 1.82) is 0 Å². The van der Waals surface area contributed by atoms with Crippen LogP contribution < -0.4 is 0 Å². The summed E-state index contributed by atoms with van der Waals surface area (Å²) in [6, 6.07) is -1.24. The van der Waals surface area contributed by atoms with Gasteiger partial charge in [0.2, 0.25) is 11.8 Å². The topological polar surface area (TPSA) is 87.1 Å². The molecule has 2 bridgehead atoms. The van der Waals surface area contributed by atoms with Gasteiger partial charge in [-0.25, -0.2) is 0 Å². The van der Waals surface area contributed by atoms with Gasteiger partial charge in [-0.05, 0) is 32.1 Å². The van der Waals surface area contributed by atoms with Crippen LogP contribution in [-0.4, -0.2) is 80.6 Å². The Morgan fingerprint density at radius 3 is 2.59 bits per heavy atom. The zero-order chi connectivity index (χ0) is 25.3. The molecule has 3 heterocycles. The molecule has 0 aromatic heterocycles. The summed E-state index contributed by atoms with van der Waals surface area (Å²) in [6.45, 7) is 16.3. The molecule has 8 heteroatoms. The average Bonchev–Trinajstić information content (AvgIpc) is 3.36. The number of likely N-dealkylation sites (tertiary alicyclic amines) is 1. The van der Waals surface area contributed by atoms with Crippen molar-refractivity contribution in [2.45, 2.75) is 75.0 Å². The second-order valence-electron chi connectivity index (χ2n) is 10.3. The van der Waals surface area contributed by atoms with E-state index in [0.717, 1.165) is 19.3 Å². The van der Waals surface area contributed by atoms with E-state index in [0.29, 0.717) is 19.5 Å². The molecule has 2 unspecified atom stereocenters. The lowest BCUT2D eigenvalue weighted by Gasteiger charge is -2.40. The second-order valence-corrected chi connectivity index (χ2v) is 12.2. The number of amides is 2. The molecule has 34 heavy (non-hydrogen) atoms. The smallest absolute Gasteiger partial charge is 0.311 e. The van der Waals surface area contributed by atoms with Gasteiger partial charge < -0.3 is 19.6 Å². The monoisotopic (exact) mass is 492 g/mol. The fourth-order valence-electron chi connectivity index (χ4n) is 6.18. The maximum absolute atomic E-state index is 14.2. The number of thioether (sulfide) groups is 1. The van der Waals surface area contributed by atoms with Crippen molar-refractivity contribution in [2.75, 3.05) is 26.3 Å². The Morgan fingerprint density at radius 2 is 2.03 bits per heavy atom. The first-order chi connectivity index (χ1) is 16.1. The fraction of sp³-hybridized carbons (Fsp3) is 0.731. The zero-order valence-corrected chi connectivity index (χ0v) is 21.8. The van der Waals surface area contributed by atoms with Crippen molar-refractivity contribution in [1.82, 2.24) is 9.80 Å². The van der Waals surface area contributed by atoms with Gasteiger partial charge >= 0.3 is 5.97 Å². The number of nitrogens with zero attached hydrogens (tertiary/aromatic N) is 2. The van der Waals surface area contributed by atoms with Crippen molar-refractivity contribution < 1.29 is 24.2 Å². The molecule has 3 aliphatic rings. The van der Waals surface area contributed by atoms with Crippen LogP contribution in [0.4, 0.5) is 0 Å². The van der Waals surface area contributed by atoms with Crippen molar-refractivity contribution in [3.63, 3.8) is 0 Å². The van der Waals surface area contributed by atoms with E-state index in [4.69, 9.17) is 4.74 Å². The molecule has 3 aliphatic heterocycles. The van der Waals surface area contributed by atoms with Crippen molar-refractivity contribution in [2.24, 2.45) is 17.8 Å². The van der Waals surface area contributed by atoms with Crippen LogP contribution in [0.15, 0.2) is 25.3 Å². The normalized spacial score (nSPS) is 32.6. The van der Waals surface area contributed by atoms with Crippen LogP contribution >= 0.6 is 11.8 Å². The lowest BCUT2D eigenvalue weighted by atomic mass is 9.66. The van der Waals surface area contributed by atoms with Gasteiger partial charge in [-0.15, -0.1) is 18.3 Å². The minimum Gasteiger partial charge on any atom is -0.461 e. The molecule has 2 amide bonds.